The normalized spacial score (nSPS) is 26.3. The van der Waals surface area contributed by atoms with Gasteiger partial charge in [-0.1, -0.05) is 48.5 Å². The maximum atomic E-state index is 15.5. The van der Waals surface area contributed by atoms with Gasteiger partial charge in [-0.3, -0.25) is 4.79 Å². The van der Waals surface area contributed by atoms with Crippen LogP contribution in [0.4, 0.5) is 4.39 Å². The molecule has 3 fully saturated rings. The monoisotopic (exact) mass is 446 g/mol. The Morgan fingerprint density at radius 2 is 1.87 bits per heavy atom. The van der Waals surface area contributed by atoms with Crippen molar-refractivity contribution < 1.29 is 22.7 Å². The summed E-state index contributed by atoms with van der Waals surface area (Å²) in [5.41, 5.74) is 1.62. The molecule has 0 unspecified atom stereocenters. The summed E-state index contributed by atoms with van der Waals surface area (Å²) in [5, 5.41) is 9.95. The van der Waals surface area contributed by atoms with Crippen LogP contribution in [0.1, 0.15) is 25.3 Å². The van der Waals surface area contributed by atoms with Crippen LogP contribution in [-0.4, -0.2) is 54.8 Å². The fraction of sp³-hybridized carbons (Fsp3) is 0.435. The molecule has 8 heteroatoms. The van der Waals surface area contributed by atoms with Crippen LogP contribution in [0.5, 0.6) is 0 Å². The van der Waals surface area contributed by atoms with E-state index in [-0.39, 0.29) is 24.2 Å². The fourth-order valence-electron chi connectivity index (χ4n) is 4.92. The average Bonchev–Trinajstić information content (AvgIpc) is 2.68. The van der Waals surface area contributed by atoms with Gasteiger partial charge in [-0.15, -0.1) is 0 Å². The molecule has 3 atom stereocenters. The van der Waals surface area contributed by atoms with Gasteiger partial charge in [-0.2, -0.15) is 0 Å². The number of hydrogen-bond donors (Lipinski definition) is 2. The number of rotatable bonds is 6. The van der Waals surface area contributed by atoms with Gasteiger partial charge in [0.05, 0.1) is 12.3 Å². The highest BCUT2D eigenvalue weighted by Gasteiger charge is 2.53. The molecule has 31 heavy (non-hydrogen) atoms. The first-order chi connectivity index (χ1) is 14.7. The molecule has 0 aromatic heterocycles. The third kappa shape index (κ3) is 4.37. The number of carbonyl (C=O) groups excluding carboxylic acids is 1. The molecule has 1 saturated carbocycles. The van der Waals surface area contributed by atoms with E-state index in [1.54, 1.807) is 23.1 Å². The molecule has 3 aliphatic rings. The second kappa shape index (κ2) is 8.33. The van der Waals surface area contributed by atoms with E-state index in [2.05, 4.69) is 4.72 Å². The summed E-state index contributed by atoms with van der Waals surface area (Å²) in [6, 6.07) is 13.2. The molecule has 1 aliphatic carbocycles. The number of carbonyl (C=O) groups is 1. The lowest BCUT2D eigenvalue weighted by Gasteiger charge is -2.58. The molecule has 6 nitrogen and oxygen atoms in total. The lowest BCUT2D eigenvalue weighted by molar-refractivity contribution is -0.157. The van der Waals surface area contributed by atoms with E-state index in [0.717, 1.165) is 11.8 Å². The molecule has 0 spiro atoms. The summed E-state index contributed by atoms with van der Waals surface area (Å²) >= 11 is 0. The van der Waals surface area contributed by atoms with E-state index in [1.807, 2.05) is 30.3 Å². The van der Waals surface area contributed by atoms with Gasteiger partial charge in [0, 0.05) is 17.6 Å². The largest absolute Gasteiger partial charge is 0.384 e. The Morgan fingerprint density at radius 3 is 2.48 bits per heavy atom. The van der Waals surface area contributed by atoms with Crippen LogP contribution in [0, 0.1) is 11.7 Å². The molecule has 1 amide bonds. The Labute approximate surface area is 182 Å². The minimum atomic E-state index is -3.53. The molecule has 5 rings (SSSR count). The van der Waals surface area contributed by atoms with Crippen LogP contribution >= 0.6 is 0 Å². The molecule has 2 aliphatic heterocycles. The molecular weight excluding hydrogens is 419 g/mol. The molecule has 2 heterocycles. The summed E-state index contributed by atoms with van der Waals surface area (Å²) in [7, 11) is -3.53. The lowest BCUT2D eigenvalue weighted by Crippen LogP contribution is -2.71. The summed E-state index contributed by atoms with van der Waals surface area (Å²) in [6.45, 7) is 1.40. The van der Waals surface area contributed by atoms with Crippen LogP contribution < -0.4 is 4.72 Å². The zero-order valence-corrected chi connectivity index (χ0v) is 18.3. The number of aliphatic hydroxyl groups is 1. The third-order valence-corrected chi connectivity index (χ3v) is 7.08. The number of nitrogens with zero attached hydrogens (tertiary/aromatic N) is 1. The van der Waals surface area contributed by atoms with Crippen LogP contribution in [0.2, 0.25) is 0 Å². The van der Waals surface area contributed by atoms with Crippen LogP contribution in [-0.2, 0) is 21.2 Å². The van der Waals surface area contributed by atoms with E-state index in [1.165, 1.54) is 6.92 Å². The van der Waals surface area contributed by atoms with Crippen molar-refractivity contribution >= 4 is 15.9 Å². The first-order valence-electron chi connectivity index (χ1n) is 10.5. The first kappa shape index (κ1) is 21.9. The van der Waals surface area contributed by atoms with Gasteiger partial charge in [0.2, 0.25) is 10.0 Å². The number of amides is 1. The predicted octanol–water partition coefficient (Wildman–Crippen LogP) is 2.32. The quantitative estimate of drug-likeness (QED) is 0.713. The number of piperidine rings is 2. The highest BCUT2D eigenvalue weighted by Crippen LogP contribution is 2.44. The predicted molar refractivity (Wildman–Crippen MR) is 116 cm³/mol. The minimum Gasteiger partial charge on any atom is -0.384 e. The highest BCUT2D eigenvalue weighted by atomic mass is 32.2. The Bertz CT molecular complexity index is 1070. The molecular formula is C23H27FN2O4S. The van der Waals surface area contributed by atoms with Gasteiger partial charge in [0.15, 0.2) is 0 Å². The number of halogens is 1. The van der Waals surface area contributed by atoms with E-state index in [4.69, 9.17) is 0 Å². The van der Waals surface area contributed by atoms with Crippen molar-refractivity contribution in [2.45, 2.75) is 50.4 Å². The van der Waals surface area contributed by atoms with E-state index in [9.17, 15) is 18.3 Å². The first-order valence-corrected chi connectivity index (χ1v) is 12.3. The Hall–Kier alpha value is -2.29. The smallest absolute Gasteiger partial charge is 0.251 e. The van der Waals surface area contributed by atoms with E-state index >= 15 is 4.39 Å². The standard InChI is InChI=1S/C23H27FN2O4S/c1-14(27)23(28)26-18-11-17(12-18)22(25-31(2,29)30)20(26)13-16-9-6-10-19(21(16)24)15-7-4-3-5-8-15/h3-10,14,17-18,20,22,25,27H,11-13H2,1-2H3/t14-,17?,18?,20+,22+/m1/s1. The zero-order valence-electron chi connectivity index (χ0n) is 17.5. The molecule has 2 saturated heterocycles. The molecule has 2 aromatic carbocycles. The Kier molecular flexibility index (Phi) is 5.89. The SMILES string of the molecule is C[C@@H](O)C(=O)N1C2CC(C2)[C@H](NS(C)(=O)=O)[C@@H]1Cc1cccc(-c2ccccc2)c1F. The minimum absolute atomic E-state index is 0.0601. The second-order valence-corrected chi connectivity index (χ2v) is 10.4. The molecule has 2 bridgehead atoms. The van der Waals surface area contributed by atoms with Crippen LogP contribution in [0.15, 0.2) is 48.5 Å². The van der Waals surface area contributed by atoms with E-state index < -0.39 is 34.1 Å². The van der Waals surface area contributed by atoms with Gasteiger partial charge < -0.3 is 10.0 Å². The van der Waals surface area contributed by atoms with Crippen molar-refractivity contribution in [2.24, 2.45) is 5.92 Å². The number of hydrogen-bond acceptors (Lipinski definition) is 4. The van der Waals surface area contributed by atoms with Crippen molar-refractivity contribution in [3.8, 4) is 11.1 Å². The van der Waals surface area contributed by atoms with Crippen molar-refractivity contribution in [1.29, 1.82) is 0 Å². The summed E-state index contributed by atoms with van der Waals surface area (Å²) < 4.78 is 42.2. The number of fused-ring (bicyclic) bond motifs is 2. The highest BCUT2D eigenvalue weighted by molar-refractivity contribution is 7.88. The molecule has 2 aromatic rings. The molecule has 166 valence electrons. The third-order valence-electron chi connectivity index (χ3n) is 6.38. The fourth-order valence-corrected chi connectivity index (χ4v) is 5.76. The Morgan fingerprint density at radius 1 is 1.19 bits per heavy atom. The maximum absolute atomic E-state index is 15.5. The van der Waals surface area contributed by atoms with Crippen LogP contribution in [0.3, 0.4) is 0 Å². The Balaban J connectivity index is 1.71. The van der Waals surface area contributed by atoms with Crippen molar-refractivity contribution in [2.75, 3.05) is 6.26 Å². The number of sulfonamides is 1. The zero-order chi connectivity index (χ0) is 22.3. The molecule has 0 radical (unpaired) electrons. The van der Waals surface area contributed by atoms with Crippen molar-refractivity contribution in [3.05, 3.63) is 59.9 Å². The summed E-state index contributed by atoms with van der Waals surface area (Å²) in [6.07, 6.45) is 1.39. The second-order valence-electron chi connectivity index (χ2n) is 8.64. The molecule has 2 N–H and O–H groups in total. The van der Waals surface area contributed by atoms with Gasteiger partial charge in [0.25, 0.3) is 5.91 Å². The average molecular weight is 447 g/mol. The number of nitrogens with one attached hydrogen (secondary N) is 1. The number of aliphatic hydroxyl groups excluding tert-OH is 1. The van der Waals surface area contributed by atoms with Gasteiger partial charge in [0.1, 0.15) is 11.9 Å². The topological polar surface area (TPSA) is 86.7 Å². The van der Waals surface area contributed by atoms with Gasteiger partial charge in [-0.05, 0) is 43.2 Å². The maximum Gasteiger partial charge on any atom is 0.251 e. The lowest BCUT2D eigenvalue weighted by atomic mass is 9.66. The summed E-state index contributed by atoms with van der Waals surface area (Å²) in [5.74, 6) is -0.744. The van der Waals surface area contributed by atoms with Gasteiger partial charge in [-0.25, -0.2) is 17.5 Å². The van der Waals surface area contributed by atoms with Crippen LogP contribution in [0.25, 0.3) is 11.1 Å². The van der Waals surface area contributed by atoms with E-state index in [0.29, 0.717) is 24.0 Å². The van der Waals surface area contributed by atoms with Crippen molar-refractivity contribution in [1.82, 2.24) is 9.62 Å². The summed E-state index contributed by atoms with van der Waals surface area (Å²) in [4.78, 5) is 14.4. The van der Waals surface area contributed by atoms with Gasteiger partial charge >= 0.3 is 0 Å². The van der Waals surface area contributed by atoms with Crippen molar-refractivity contribution in [3.63, 3.8) is 0 Å². The number of benzene rings is 2.